The standard InChI is InChI=1S/C18H20ClN3O4S/c1-18(2,3)22-27(25,26)15-11-13(9-10-14(15)19)17(24)21-20-16(23)12-7-5-4-6-8-12/h4-11,22H,1-3H3,(H,20,23)(H,21,24). The van der Waals surface area contributed by atoms with Gasteiger partial charge in [0.25, 0.3) is 11.8 Å². The topological polar surface area (TPSA) is 104 Å². The van der Waals surface area contributed by atoms with Gasteiger partial charge in [-0.2, -0.15) is 0 Å². The molecule has 2 amide bonds. The Labute approximate surface area is 163 Å². The van der Waals surface area contributed by atoms with E-state index in [0.29, 0.717) is 5.56 Å². The van der Waals surface area contributed by atoms with Gasteiger partial charge in [-0.3, -0.25) is 20.4 Å². The van der Waals surface area contributed by atoms with Crippen molar-refractivity contribution in [3.8, 4) is 0 Å². The van der Waals surface area contributed by atoms with Crippen LogP contribution in [0.1, 0.15) is 41.5 Å². The molecular formula is C18H20ClN3O4S. The summed E-state index contributed by atoms with van der Waals surface area (Å²) in [6.07, 6.45) is 0. The van der Waals surface area contributed by atoms with E-state index in [1.54, 1.807) is 51.1 Å². The molecule has 7 nitrogen and oxygen atoms in total. The van der Waals surface area contributed by atoms with E-state index in [-0.39, 0.29) is 15.5 Å². The quantitative estimate of drug-likeness (QED) is 0.674. The number of benzene rings is 2. The first kappa shape index (κ1) is 20.9. The summed E-state index contributed by atoms with van der Waals surface area (Å²) in [6, 6.07) is 12.1. The van der Waals surface area contributed by atoms with E-state index >= 15 is 0 Å². The second-order valence-electron chi connectivity index (χ2n) is 6.77. The minimum absolute atomic E-state index is 0.0170. The summed E-state index contributed by atoms with van der Waals surface area (Å²) in [5.74, 6) is -1.18. The van der Waals surface area contributed by atoms with Crippen LogP contribution in [0.5, 0.6) is 0 Å². The summed E-state index contributed by atoms with van der Waals surface area (Å²) in [7, 11) is -3.93. The number of hydrazine groups is 1. The maximum Gasteiger partial charge on any atom is 0.269 e. The SMILES string of the molecule is CC(C)(C)NS(=O)(=O)c1cc(C(=O)NNC(=O)c2ccccc2)ccc1Cl. The fourth-order valence-corrected chi connectivity index (χ4v) is 4.10. The highest BCUT2D eigenvalue weighted by Gasteiger charge is 2.25. The second kappa shape index (κ2) is 8.08. The van der Waals surface area contributed by atoms with Crippen molar-refractivity contribution < 1.29 is 18.0 Å². The van der Waals surface area contributed by atoms with Crippen LogP contribution in [0.3, 0.4) is 0 Å². The van der Waals surface area contributed by atoms with E-state index in [2.05, 4.69) is 15.6 Å². The van der Waals surface area contributed by atoms with Crippen molar-refractivity contribution in [2.24, 2.45) is 0 Å². The molecule has 0 atom stereocenters. The van der Waals surface area contributed by atoms with Crippen LogP contribution in [0.2, 0.25) is 5.02 Å². The highest BCUT2D eigenvalue weighted by atomic mass is 35.5. The molecule has 0 bridgehead atoms. The number of hydrogen-bond donors (Lipinski definition) is 3. The molecule has 0 saturated carbocycles. The summed E-state index contributed by atoms with van der Waals surface area (Å²) in [4.78, 5) is 24.0. The molecule has 0 radical (unpaired) electrons. The zero-order valence-corrected chi connectivity index (χ0v) is 16.6. The first-order valence-corrected chi connectivity index (χ1v) is 9.85. The molecular weight excluding hydrogens is 390 g/mol. The Balaban J connectivity index is 2.17. The first-order chi connectivity index (χ1) is 12.5. The van der Waals surface area contributed by atoms with Crippen molar-refractivity contribution in [1.82, 2.24) is 15.6 Å². The van der Waals surface area contributed by atoms with E-state index in [9.17, 15) is 18.0 Å². The Morgan fingerprint density at radius 3 is 2.00 bits per heavy atom. The van der Waals surface area contributed by atoms with Crippen LogP contribution in [0.4, 0.5) is 0 Å². The lowest BCUT2D eigenvalue weighted by Gasteiger charge is -2.21. The molecule has 0 saturated heterocycles. The van der Waals surface area contributed by atoms with Crippen molar-refractivity contribution in [2.75, 3.05) is 0 Å². The van der Waals surface area contributed by atoms with Crippen molar-refractivity contribution in [3.05, 3.63) is 64.7 Å². The molecule has 0 aliphatic carbocycles. The molecule has 144 valence electrons. The predicted octanol–water partition coefficient (Wildman–Crippen LogP) is 2.49. The largest absolute Gasteiger partial charge is 0.269 e. The third-order valence-corrected chi connectivity index (χ3v) is 5.49. The Hall–Kier alpha value is -2.42. The molecule has 0 aromatic heterocycles. The Bertz CT molecular complexity index is 954. The monoisotopic (exact) mass is 409 g/mol. The van der Waals surface area contributed by atoms with Crippen LogP contribution in [-0.4, -0.2) is 25.8 Å². The van der Waals surface area contributed by atoms with Gasteiger partial charge in [-0.05, 0) is 51.1 Å². The van der Waals surface area contributed by atoms with Gasteiger partial charge in [0.05, 0.1) is 5.02 Å². The zero-order valence-electron chi connectivity index (χ0n) is 15.0. The summed E-state index contributed by atoms with van der Waals surface area (Å²) in [5, 5.41) is -0.0170. The molecule has 2 aromatic carbocycles. The van der Waals surface area contributed by atoms with Crippen LogP contribution < -0.4 is 15.6 Å². The van der Waals surface area contributed by atoms with Crippen LogP contribution in [0.15, 0.2) is 53.4 Å². The highest BCUT2D eigenvalue weighted by Crippen LogP contribution is 2.24. The molecule has 0 fully saturated rings. The highest BCUT2D eigenvalue weighted by molar-refractivity contribution is 7.89. The van der Waals surface area contributed by atoms with Crippen LogP contribution >= 0.6 is 11.6 Å². The number of hydrogen-bond acceptors (Lipinski definition) is 4. The number of carbonyl (C=O) groups excluding carboxylic acids is 2. The summed E-state index contributed by atoms with van der Waals surface area (Å²) in [6.45, 7) is 5.07. The maximum atomic E-state index is 12.5. The van der Waals surface area contributed by atoms with Gasteiger partial charge in [0.2, 0.25) is 10.0 Å². The van der Waals surface area contributed by atoms with E-state index in [0.717, 1.165) is 6.07 Å². The second-order valence-corrected chi connectivity index (χ2v) is 8.83. The number of nitrogens with one attached hydrogen (secondary N) is 3. The molecule has 3 N–H and O–H groups in total. The molecule has 0 aliphatic heterocycles. The van der Waals surface area contributed by atoms with Gasteiger partial charge < -0.3 is 0 Å². The third-order valence-electron chi connectivity index (χ3n) is 3.25. The lowest BCUT2D eigenvalue weighted by molar-refractivity contribution is 0.0846. The van der Waals surface area contributed by atoms with E-state index in [4.69, 9.17) is 11.6 Å². The van der Waals surface area contributed by atoms with Crippen molar-refractivity contribution in [2.45, 2.75) is 31.2 Å². The van der Waals surface area contributed by atoms with Crippen LogP contribution in [0, 0.1) is 0 Å². The van der Waals surface area contributed by atoms with Gasteiger partial charge in [0, 0.05) is 16.7 Å². The Morgan fingerprint density at radius 1 is 0.889 bits per heavy atom. The average Bonchev–Trinajstić information content (AvgIpc) is 2.58. The van der Waals surface area contributed by atoms with Crippen molar-refractivity contribution >= 4 is 33.4 Å². The number of carbonyl (C=O) groups is 2. The molecule has 0 unspecified atom stereocenters. The zero-order chi connectivity index (χ0) is 20.2. The van der Waals surface area contributed by atoms with Crippen LogP contribution in [-0.2, 0) is 10.0 Å². The number of rotatable bonds is 4. The van der Waals surface area contributed by atoms with Gasteiger partial charge in [0.1, 0.15) is 4.90 Å². The van der Waals surface area contributed by atoms with Gasteiger partial charge in [-0.15, -0.1) is 0 Å². The predicted molar refractivity (Wildman–Crippen MR) is 103 cm³/mol. The summed E-state index contributed by atoms with van der Waals surface area (Å²) >= 11 is 6.00. The smallest absolute Gasteiger partial charge is 0.267 e. The van der Waals surface area contributed by atoms with Gasteiger partial charge in [-0.25, -0.2) is 13.1 Å². The molecule has 0 aliphatic rings. The van der Waals surface area contributed by atoms with Gasteiger partial charge >= 0.3 is 0 Å². The molecule has 9 heteroatoms. The normalized spacial score (nSPS) is 11.7. The number of sulfonamides is 1. The Morgan fingerprint density at radius 2 is 1.44 bits per heavy atom. The number of halogens is 1. The molecule has 27 heavy (non-hydrogen) atoms. The lowest BCUT2D eigenvalue weighted by Crippen LogP contribution is -2.42. The summed E-state index contributed by atoms with van der Waals surface area (Å²) in [5.41, 5.74) is 4.20. The maximum absolute atomic E-state index is 12.5. The van der Waals surface area contributed by atoms with Crippen LogP contribution in [0.25, 0.3) is 0 Å². The molecule has 0 heterocycles. The van der Waals surface area contributed by atoms with E-state index in [1.807, 2.05) is 0 Å². The number of amides is 2. The molecule has 0 spiro atoms. The molecule has 2 rings (SSSR count). The van der Waals surface area contributed by atoms with Gasteiger partial charge in [-0.1, -0.05) is 29.8 Å². The Kier molecular flexibility index (Phi) is 6.25. The fourth-order valence-electron chi connectivity index (χ4n) is 2.16. The first-order valence-electron chi connectivity index (χ1n) is 7.99. The van der Waals surface area contributed by atoms with Gasteiger partial charge in [0.15, 0.2) is 0 Å². The molecule has 2 aromatic rings. The third kappa shape index (κ3) is 5.78. The lowest BCUT2D eigenvalue weighted by atomic mass is 10.1. The minimum Gasteiger partial charge on any atom is -0.267 e. The van der Waals surface area contributed by atoms with E-state index < -0.39 is 27.4 Å². The van der Waals surface area contributed by atoms with Crippen molar-refractivity contribution in [3.63, 3.8) is 0 Å². The minimum atomic E-state index is -3.93. The van der Waals surface area contributed by atoms with E-state index in [1.165, 1.54) is 12.1 Å². The summed E-state index contributed by atoms with van der Waals surface area (Å²) < 4.78 is 27.5. The van der Waals surface area contributed by atoms with Crippen molar-refractivity contribution in [1.29, 1.82) is 0 Å². The average molecular weight is 410 g/mol. The fraction of sp³-hybridized carbons (Fsp3) is 0.222.